The summed E-state index contributed by atoms with van der Waals surface area (Å²) in [6.45, 7) is 12.5. The van der Waals surface area contributed by atoms with Gasteiger partial charge in [-0.05, 0) is 71.4 Å². The van der Waals surface area contributed by atoms with Gasteiger partial charge in [0.1, 0.15) is 0 Å². The standard InChI is InChI=1S/C26H29N5O2S/c1-7-27-25(32)18-9-8-15(4)22(11-18)30-26(33)20-12-23(19-10-16(5)34-17(19)6)29-24-21(20)13-28-31(24)14(2)3/h8-14H,7H2,1-6H3,(H,27,32)(H,30,33). The molecule has 1 aromatic carbocycles. The van der Waals surface area contributed by atoms with Crippen molar-refractivity contribution in [2.45, 2.75) is 47.6 Å². The van der Waals surface area contributed by atoms with Gasteiger partial charge < -0.3 is 10.6 Å². The molecule has 0 radical (unpaired) electrons. The van der Waals surface area contributed by atoms with Crippen molar-refractivity contribution in [3.8, 4) is 11.3 Å². The summed E-state index contributed by atoms with van der Waals surface area (Å²) in [5.74, 6) is -0.439. The van der Waals surface area contributed by atoms with Crippen LogP contribution < -0.4 is 10.6 Å². The van der Waals surface area contributed by atoms with Gasteiger partial charge in [-0.25, -0.2) is 9.67 Å². The van der Waals surface area contributed by atoms with E-state index in [-0.39, 0.29) is 17.9 Å². The number of hydrogen-bond acceptors (Lipinski definition) is 5. The van der Waals surface area contributed by atoms with Crippen LogP contribution in [0.3, 0.4) is 0 Å². The Morgan fingerprint density at radius 3 is 2.50 bits per heavy atom. The monoisotopic (exact) mass is 475 g/mol. The van der Waals surface area contributed by atoms with E-state index in [9.17, 15) is 9.59 Å². The molecule has 34 heavy (non-hydrogen) atoms. The number of fused-ring (bicyclic) bond motifs is 1. The summed E-state index contributed by atoms with van der Waals surface area (Å²) in [5.41, 5.74) is 4.90. The third-order valence-corrected chi connectivity index (χ3v) is 6.67. The van der Waals surface area contributed by atoms with E-state index in [1.807, 2.05) is 44.5 Å². The van der Waals surface area contributed by atoms with Crippen LogP contribution in [0.4, 0.5) is 5.69 Å². The highest BCUT2D eigenvalue weighted by Gasteiger charge is 2.21. The van der Waals surface area contributed by atoms with Gasteiger partial charge in [-0.15, -0.1) is 11.3 Å². The third-order valence-electron chi connectivity index (χ3n) is 5.70. The van der Waals surface area contributed by atoms with Crippen molar-refractivity contribution in [3.05, 3.63) is 63.0 Å². The average Bonchev–Trinajstić information content (AvgIpc) is 3.37. The highest BCUT2D eigenvalue weighted by molar-refractivity contribution is 7.12. The third kappa shape index (κ3) is 4.46. The SMILES string of the molecule is CCNC(=O)c1ccc(C)c(NC(=O)c2cc(-c3cc(C)sc3C)nc3c2cnn3C(C)C)c1. The number of nitrogens with zero attached hydrogens (tertiary/aromatic N) is 3. The number of aryl methyl sites for hydroxylation is 3. The Kier molecular flexibility index (Phi) is 6.52. The van der Waals surface area contributed by atoms with E-state index in [2.05, 4.69) is 35.6 Å². The molecular weight excluding hydrogens is 446 g/mol. The molecule has 3 heterocycles. The van der Waals surface area contributed by atoms with Crippen LogP contribution in [0.1, 0.15) is 62.8 Å². The van der Waals surface area contributed by atoms with Gasteiger partial charge in [-0.3, -0.25) is 9.59 Å². The van der Waals surface area contributed by atoms with E-state index < -0.39 is 0 Å². The van der Waals surface area contributed by atoms with Gasteiger partial charge in [-0.1, -0.05) is 6.07 Å². The fraction of sp³-hybridized carbons (Fsp3) is 0.308. The summed E-state index contributed by atoms with van der Waals surface area (Å²) in [6.07, 6.45) is 1.70. The van der Waals surface area contributed by atoms with Crippen molar-refractivity contribution < 1.29 is 9.59 Å². The molecule has 4 rings (SSSR count). The predicted octanol–water partition coefficient (Wildman–Crippen LogP) is 5.67. The molecule has 0 aliphatic heterocycles. The Morgan fingerprint density at radius 1 is 1.09 bits per heavy atom. The van der Waals surface area contributed by atoms with Gasteiger partial charge in [0.25, 0.3) is 11.8 Å². The fourth-order valence-electron chi connectivity index (χ4n) is 3.96. The molecule has 0 aliphatic rings. The fourth-order valence-corrected chi connectivity index (χ4v) is 4.89. The van der Waals surface area contributed by atoms with Gasteiger partial charge >= 0.3 is 0 Å². The minimum Gasteiger partial charge on any atom is -0.352 e. The molecule has 0 saturated heterocycles. The molecule has 3 aromatic heterocycles. The van der Waals surface area contributed by atoms with Crippen molar-refractivity contribution in [3.63, 3.8) is 0 Å². The Hall–Kier alpha value is -3.52. The second kappa shape index (κ2) is 9.38. The number of thiophene rings is 1. The van der Waals surface area contributed by atoms with Crippen molar-refractivity contribution in [2.75, 3.05) is 11.9 Å². The molecular formula is C26H29N5O2S. The number of carbonyl (C=O) groups is 2. The van der Waals surface area contributed by atoms with Crippen molar-refractivity contribution in [1.29, 1.82) is 0 Å². The first-order valence-electron chi connectivity index (χ1n) is 11.4. The molecule has 2 amide bonds. The number of anilines is 1. The molecule has 7 nitrogen and oxygen atoms in total. The summed E-state index contributed by atoms with van der Waals surface area (Å²) < 4.78 is 1.84. The highest BCUT2D eigenvalue weighted by Crippen LogP contribution is 2.33. The number of hydrogen-bond donors (Lipinski definition) is 2. The lowest BCUT2D eigenvalue weighted by Crippen LogP contribution is -2.23. The van der Waals surface area contributed by atoms with E-state index in [1.54, 1.807) is 29.7 Å². The lowest BCUT2D eigenvalue weighted by molar-refractivity contribution is 0.0954. The Labute approximate surface area is 203 Å². The molecule has 0 spiro atoms. The van der Waals surface area contributed by atoms with Crippen LogP contribution in [0.15, 0.2) is 36.5 Å². The van der Waals surface area contributed by atoms with E-state index in [4.69, 9.17) is 4.98 Å². The average molecular weight is 476 g/mol. The van der Waals surface area contributed by atoms with Gasteiger partial charge in [-0.2, -0.15) is 5.10 Å². The maximum absolute atomic E-state index is 13.6. The Bertz CT molecular complexity index is 1400. The van der Waals surface area contributed by atoms with Crippen LogP contribution in [0.5, 0.6) is 0 Å². The maximum atomic E-state index is 13.6. The van der Waals surface area contributed by atoms with Crippen molar-refractivity contribution >= 4 is 39.9 Å². The quantitative estimate of drug-likeness (QED) is 0.376. The van der Waals surface area contributed by atoms with Crippen molar-refractivity contribution in [2.24, 2.45) is 0 Å². The largest absolute Gasteiger partial charge is 0.352 e. The second-order valence-electron chi connectivity index (χ2n) is 8.65. The summed E-state index contributed by atoms with van der Waals surface area (Å²) in [7, 11) is 0. The zero-order valence-corrected chi connectivity index (χ0v) is 21.1. The smallest absolute Gasteiger partial charge is 0.256 e. The van der Waals surface area contributed by atoms with E-state index in [0.29, 0.717) is 34.4 Å². The van der Waals surface area contributed by atoms with E-state index >= 15 is 0 Å². The van der Waals surface area contributed by atoms with Gasteiger partial charge in [0.2, 0.25) is 0 Å². The molecule has 176 valence electrons. The van der Waals surface area contributed by atoms with Crippen LogP contribution >= 0.6 is 11.3 Å². The number of amides is 2. The maximum Gasteiger partial charge on any atom is 0.256 e. The van der Waals surface area contributed by atoms with Crippen LogP contribution in [0.2, 0.25) is 0 Å². The molecule has 4 aromatic rings. The number of nitrogens with one attached hydrogen (secondary N) is 2. The molecule has 0 atom stereocenters. The summed E-state index contributed by atoms with van der Waals surface area (Å²) in [6, 6.07) is 9.33. The van der Waals surface area contributed by atoms with Gasteiger partial charge in [0.05, 0.1) is 22.8 Å². The number of carbonyl (C=O) groups excluding carboxylic acids is 2. The minimum atomic E-state index is -0.266. The molecule has 0 aliphatic carbocycles. The van der Waals surface area contributed by atoms with Crippen molar-refractivity contribution in [1.82, 2.24) is 20.1 Å². The number of benzene rings is 1. The van der Waals surface area contributed by atoms with Crippen LogP contribution in [0.25, 0.3) is 22.3 Å². The highest BCUT2D eigenvalue weighted by atomic mass is 32.1. The molecule has 0 unspecified atom stereocenters. The number of pyridine rings is 1. The van der Waals surface area contributed by atoms with Crippen LogP contribution in [-0.2, 0) is 0 Å². The van der Waals surface area contributed by atoms with Crippen LogP contribution in [-0.4, -0.2) is 33.1 Å². The zero-order valence-electron chi connectivity index (χ0n) is 20.3. The molecule has 0 fully saturated rings. The minimum absolute atomic E-state index is 0.0949. The van der Waals surface area contributed by atoms with Gasteiger partial charge in [0, 0.05) is 39.2 Å². The van der Waals surface area contributed by atoms with Crippen LogP contribution in [0, 0.1) is 20.8 Å². The lowest BCUT2D eigenvalue weighted by Gasteiger charge is -2.13. The predicted molar refractivity (Wildman–Crippen MR) is 138 cm³/mol. The van der Waals surface area contributed by atoms with E-state index in [0.717, 1.165) is 21.7 Å². The molecule has 0 bridgehead atoms. The van der Waals surface area contributed by atoms with E-state index in [1.165, 1.54) is 4.88 Å². The number of rotatable bonds is 6. The van der Waals surface area contributed by atoms with Gasteiger partial charge in [0.15, 0.2) is 5.65 Å². The Morgan fingerprint density at radius 2 is 1.85 bits per heavy atom. The first-order valence-corrected chi connectivity index (χ1v) is 12.2. The number of aromatic nitrogens is 3. The topological polar surface area (TPSA) is 88.9 Å². The lowest BCUT2D eigenvalue weighted by atomic mass is 10.1. The second-order valence-corrected chi connectivity index (χ2v) is 10.1. The first kappa shape index (κ1) is 23.6. The summed E-state index contributed by atoms with van der Waals surface area (Å²) in [5, 5.41) is 11.0. The normalized spacial score (nSPS) is 11.3. The first-order chi connectivity index (χ1) is 16.2. The zero-order chi connectivity index (χ0) is 24.6. The Balaban J connectivity index is 1.81. The summed E-state index contributed by atoms with van der Waals surface area (Å²) in [4.78, 5) is 33.1. The molecule has 8 heteroatoms. The molecule has 0 saturated carbocycles. The molecule has 2 N–H and O–H groups in total. The summed E-state index contributed by atoms with van der Waals surface area (Å²) >= 11 is 1.71.